The van der Waals surface area contributed by atoms with E-state index >= 15 is 0 Å². The van der Waals surface area contributed by atoms with Crippen molar-refractivity contribution in [1.29, 1.82) is 0 Å². The van der Waals surface area contributed by atoms with Crippen LogP contribution >= 0.6 is 22.9 Å². The normalized spacial score (nSPS) is 11.4. The van der Waals surface area contributed by atoms with Crippen molar-refractivity contribution in [3.63, 3.8) is 0 Å². The van der Waals surface area contributed by atoms with E-state index in [0.717, 1.165) is 21.1 Å². The van der Waals surface area contributed by atoms with E-state index in [0.29, 0.717) is 16.5 Å². The number of aromatic nitrogens is 1. The summed E-state index contributed by atoms with van der Waals surface area (Å²) in [6.07, 6.45) is 0. The first-order valence-corrected chi connectivity index (χ1v) is 12.1. The van der Waals surface area contributed by atoms with Gasteiger partial charge < -0.3 is 4.74 Å². The van der Waals surface area contributed by atoms with Crippen LogP contribution in [-0.4, -0.2) is 13.4 Å². The Morgan fingerprint density at radius 3 is 2.29 bits per heavy atom. The number of sulfonamides is 1. The van der Waals surface area contributed by atoms with Crippen molar-refractivity contribution in [3.8, 4) is 22.1 Å². The van der Waals surface area contributed by atoms with Gasteiger partial charge in [0.05, 0.1) is 15.6 Å². The summed E-state index contributed by atoms with van der Waals surface area (Å²) in [7, 11) is -3.68. The van der Waals surface area contributed by atoms with Gasteiger partial charge in [-0.25, -0.2) is 18.1 Å². The first-order valence-electron chi connectivity index (χ1n) is 9.46. The summed E-state index contributed by atoms with van der Waals surface area (Å²) in [6.45, 7) is 2.01. The molecule has 0 saturated carbocycles. The minimum Gasteiger partial charge on any atom is -0.457 e. The predicted octanol–water partition coefficient (Wildman–Crippen LogP) is 6.04. The number of halogens is 1. The first kappa shape index (κ1) is 21.5. The molecule has 5 nitrogen and oxygen atoms in total. The van der Waals surface area contributed by atoms with E-state index in [4.69, 9.17) is 16.3 Å². The molecule has 1 N–H and O–H groups in total. The Kier molecular flexibility index (Phi) is 6.38. The fraction of sp³-hybridized carbons (Fsp3) is 0.0870. The molecule has 0 saturated heterocycles. The second-order valence-corrected chi connectivity index (χ2v) is 9.98. The highest BCUT2D eigenvalue weighted by Crippen LogP contribution is 2.33. The van der Waals surface area contributed by atoms with Crippen molar-refractivity contribution >= 4 is 33.0 Å². The van der Waals surface area contributed by atoms with Gasteiger partial charge in [-0.05, 0) is 49.4 Å². The Labute approximate surface area is 190 Å². The number of benzene rings is 3. The molecule has 0 aliphatic carbocycles. The molecule has 1 aromatic heterocycles. The third-order valence-corrected chi connectivity index (χ3v) is 7.47. The highest BCUT2D eigenvalue weighted by atomic mass is 35.5. The summed E-state index contributed by atoms with van der Waals surface area (Å²) in [5.74, 6) is 1.25. The van der Waals surface area contributed by atoms with Gasteiger partial charge in [-0.15, -0.1) is 11.3 Å². The summed E-state index contributed by atoms with van der Waals surface area (Å²) in [5, 5.41) is 1.38. The molecule has 0 fully saturated rings. The Hall–Kier alpha value is -2.71. The van der Waals surface area contributed by atoms with Crippen LogP contribution in [0.1, 0.15) is 10.6 Å². The van der Waals surface area contributed by atoms with Crippen LogP contribution in [0.2, 0.25) is 5.02 Å². The van der Waals surface area contributed by atoms with Gasteiger partial charge in [-0.2, -0.15) is 0 Å². The zero-order valence-electron chi connectivity index (χ0n) is 16.6. The van der Waals surface area contributed by atoms with Crippen LogP contribution in [0.5, 0.6) is 11.5 Å². The molecular formula is C23H19ClN2O3S2. The Bertz CT molecular complexity index is 1290. The van der Waals surface area contributed by atoms with E-state index in [-0.39, 0.29) is 11.4 Å². The second kappa shape index (κ2) is 9.20. The maximum atomic E-state index is 12.7. The Morgan fingerprint density at radius 1 is 0.935 bits per heavy atom. The highest BCUT2D eigenvalue weighted by Gasteiger charge is 2.17. The summed E-state index contributed by atoms with van der Waals surface area (Å²) in [6, 6.07) is 23.1. The number of ether oxygens (including phenoxy) is 1. The SMILES string of the molecule is Cc1nc(-c2ccccc2Cl)sc1CNS(=O)(=O)c1ccc(Oc2ccccc2)cc1. The van der Waals surface area contributed by atoms with Crippen LogP contribution in [0.25, 0.3) is 10.6 Å². The largest absolute Gasteiger partial charge is 0.457 e. The molecule has 1 heterocycles. The average molecular weight is 471 g/mol. The lowest BCUT2D eigenvalue weighted by atomic mass is 10.2. The number of nitrogens with zero attached hydrogens (tertiary/aromatic N) is 1. The molecule has 3 aromatic carbocycles. The minimum absolute atomic E-state index is 0.151. The smallest absolute Gasteiger partial charge is 0.240 e. The van der Waals surface area contributed by atoms with E-state index in [1.807, 2.05) is 55.5 Å². The van der Waals surface area contributed by atoms with Crippen LogP contribution in [0.3, 0.4) is 0 Å². The zero-order chi connectivity index (χ0) is 21.8. The van der Waals surface area contributed by atoms with Gasteiger partial charge in [-0.3, -0.25) is 0 Å². The van der Waals surface area contributed by atoms with E-state index in [9.17, 15) is 8.42 Å². The lowest BCUT2D eigenvalue weighted by Gasteiger charge is -2.08. The van der Waals surface area contributed by atoms with Gasteiger partial charge in [-0.1, -0.05) is 48.0 Å². The maximum absolute atomic E-state index is 12.7. The first-order chi connectivity index (χ1) is 14.9. The van der Waals surface area contributed by atoms with E-state index in [1.54, 1.807) is 18.2 Å². The third kappa shape index (κ3) is 5.14. The number of nitrogens with one attached hydrogen (secondary N) is 1. The standard InChI is InChI=1S/C23H19ClN2O3S2/c1-16-22(30-23(26-16)20-9-5-6-10-21(20)24)15-25-31(27,28)19-13-11-18(12-14-19)29-17-7-3-2-4-8-17/h2-14,25H,15H2,1H3. The van der Waals surface area contributed by atoms with E-state index < -0.39 is 10.0 Å². The van der Waals surface area contributed by atoms with E-state index in [1.165, 1.54) is 23.5 Å². The number of aryl methyl sites for hydroxylation is 1. The second-order valence-electron chi connectivity index (χ2n) is 6.72. The molecule has 8 heteroatoms. The van der Waals surface area contributed by atoms with Gasteiger partial charge in [0, 0.05) is 17.0 Å². The number of thiazole rings is 1. The Morgan fingerprint density at radius 2 is 1.58 bits per heavy atom. The molecular weight excluding hydrogens is 452 g/mol. The lowest BCUT2D eigenvalue weighted by Crippen LogP contribution is -2.23. The molecule has 0 amide bonds. The molecule has 31 heavy (non-hydrogen) atoms. The predicted molar refractivity (Wildman–Crippen MR) is 124 cm³/mol. The summed E-state index contributed by atoms with van der Waals surface area (Å²) in [5.41, 5.74) is 1.61. The van der Waals surface area contributed by atoms with Crippen molar-refractivity contribution in [1.82, 2.24) is 9.71 Å². The number of hydrogen-bond acceptors (Lipinski definition) is 5. The van der Waals surface area contributed by atoms with E-state index in [2.05, 4.69) is 9.71 Å². The van der Waals surface area contributed by atoms with Crippen molar-refractivity contribution in [2.75, 3.05) is 0 Å². The third-order valence-electron chi connectivity index (χ3n) is 4.53. The fourth-order valence-electron chi connectivity index (χ4n) is 2.90. The molecule has 4 rings (SSSR count). The maximum Gasteiger partial charge on any atom is 0.240 e. The molecule has 0 atom stereocenters. The van der Waals surface area contributed by atoms with Crippen molar-refractivity contribution in [2.24, 2.45) is 0 Å². The molecule has 0 bridgehead atoms. The zero-order valence-corrected chi connectivity index (χ0v) is 19.0. The summed E-state index contributed by atoms with van der Waals surface area (Å²) >= 11 is 7.68. The van der Waals surface area contributed by atoms with Crippen LogP contribution in [0.15, 0.2) is 83.8 Å². The highest BCUT2D eigenvalue weighted by molar-refractivity contribution is 7.89. The summed E-state index contributed by atoms with van der Waals surface area (Å²) in [4.78, 5) is 5.55. The average Bonchev–Trinajstić information content (AvgIpc) is 3.14. The quantitative estimate of drug-likeness (QED) is 0.357. The molecule has 0 aliphatic rings. The molecule has 4 aromatic rings. The Balaban J connectivity index is 1.45. The van der Waals surface area contributed by atoms with Crippen LogP contribution < -0.4 is 9.46 Å². The van der Waals surface area contributed by atoms with Crippen molar-refractivity contribution in [3.05, 3.63) is 94.5 Å². The number of para-hydroxylation sites is 1. The monoisotopic (exact) mass is 470 g/mol. The van der Waals surface area contributed by atoms with Gasteiger partial charge in [0.25, 0.3) is 0 Å². The van der Waals surface area contributed by atoms with Crippen LogP contribution in [-0.2, 0) is 16.6 Å². The molecule has 158 valence electrons. The number of hydrogen-bond donors (Lipinski definition) is 1. The van der Waals surface area contributed by atoms with Crippen LogP contribution in [0.4, 0.5) is 0 Å². The fourth-order valence-corrected chi connectivity index (χ4v) is 5.31. The molecule has 0 unspecified atom stereocenters. The molecule has 0 radical (unpaired) electrons. The number of rotatable bonds is 7. The van der Waals surface area contributed by atoms with Gasteiger partial charge in [0.2, 0.25) is 10.0 Å². The van der Waals surface area contributed by atoms with Crippen molar-refractivity contribution in [2.45, 2.75) is 18.4 Å². The van der Waals surface area contributed by atoms with Gasteiger partial charge in [0.15, 0.2) is 0 Å². The summed E-state index contributed by atoms with van der Waals surface area (Å²) < 4.78 is 33.8. The van der Waals surface area contributed by atoms with Gasteiger partial charge in [0.1, 0.15) is 16.5 Å². The molecule has 0 spiro atoms. The minimum atomic E-state index is -3.68. The van der Waals surface area contributed by atoms with Crippen LogP contribution in [0, 0.1) is 6.92 Å². The lowest BCUT2D eigenvalue weighted by molar-refractivity contribution is 0.482. The topological polar surface area (TPSA) is 68.3 Å². The van der Waals surface area contributed by atoms with Crippen molar-refractivity contribution < 1.29 is 13.2 Å². The molecule has 0 aliphatic heterocycles. The van der Waals surface area contributed by atoms with Gasteiger partial charge >= 0.3 is 0 Å².